The third-order valence-electron chi connectivity index (χ3n) is 2.50. The molecule has 0 fully saturated rings. The second kappa shape index (κ2) is 7.41. The zero-order chi connectivity index (χ0) is 14.3. The van der Waals surface area contributed by atoms with Crippen LogP contribution in [0.25, 0.3) is 0 Å². The molecule has 0 aliphatic carbocycles. The molecule has 1 rings (SSSR count). The fourth-order valence-electron chi connectivity index (χ4n) is 1.41. The van der Waals surface area contributed by atoms with Gasteiger partial charge in [0.05, 0.1) is 13.7 Å². The van der Waals surface area contributed by atoms with Crippen LogP contribution in [0, 0.1) is 0 Å². The van der Waals surface area contributed by atoms with E-state index in [1.54, 1.807) is 38.3 Å². The molecule has 5 heteroatoms. The molecule has 0 radical (unpaired) electrons. The van der Waals surface area contributed by atoms with E-state index in [0.717, 1.165) is 6.42 Å². The van der Waals surface area contributed by atoms with Gasteiger partial charge in [-0.15, -0.1) is 0 Å². The lowest BCUT2D eigenvalue weighted by Gasteiger charge is -2.13. The van der Waals surface area contributed by atoms with Gasteiger partial charge in [-0.3, -0.25) is 4.79 Å². The van der Waals surface area contributed by atoms with Crippen molar-refractivity contribution in [3.8, 4) is 5.75 Å². The molecule has 0 aromatic heterocycles. The Bertz CT molecular complexity index is 428. The first-order valence-electron chi connectivity index (χ1n) is 6.20. The van der Waals surface area contributed by atoms with Crippen LogP contribution in [-0.4, -0.2) is 31.6 Å². The molecule has 0 heterocycles. The lowest BCUT2D eigenvalue weighted by atomic mass is 10.2. The Hall–Kier alpha value is -2.04. The summed E-state index contributed by atoms with van der Waals surface area (Å²) in [6.07, 6.45) is 0.755. The Labute approximate surface area is 112 Å². The lowest BCUT2D eigenvalue weighted by Crippen LogP contribution is -2.39. The van der Waals surface area contributed by atoms with E-state index in [1.807, 2.05) is 6.92 Å². The Morgan fingerprint density at radius 3 is 2.42 bits per heavy atom. The van der Waals surface area contributed by atoms with Gasteiger partial charge in [0, 0.05) is 5.56 Å². The summed E-state index contributed by atoms with van der Waals surface area (Å²) in [5, 5.41) is 2.59. The number of ether oxygens (including phenoxy) is 2. The molecule has 1 aromatic carbocycles. The van der Waals surface area contributed by atoms with E-state index in [9.17, 15) is 9.59 Å². The third-order valence-corrected chi connectivity index (χ3v) is 2.50. The van der Waals surface area contributed by atoms with Gasteiger partial charge in [-0.2, -0.15) is 0 Å². The zero-order valence-corrected chi connectivity index (χ0v) is 11.4. The summed E-state index contributed by atoms with van der Waals surface area (Å²) in [5.41, 5.74) is 0.468. The molecular formula is C14H19NO4. The lowest BCUT2D eigenvalue weighted by molar-refractivity contribution is -0.145. The highest BCUT2D eigenvalue weighted by Gasteiger charge is 2.17. The Kier molecular flexibility index (Phi) is 5.85. The van der Waals surface area contributed by atoms with Gasteiger partial charge < -0.3 is 14.8 Å². The number of nitrogens with one attached hydrogen (secondary N) is 1. The first kappa shape index (κ1) is 15.0. The Morgan fingerprint density at radius 1 is 1.26 bits per heavy atom. The topological polar surface area (TPSA) is 64.6 Å². The third kappa shape index (κ3) is 4.62. The van der Waals surface area contributed by atoms with Gasteiger partial charge in [0.15, 0.2) is 0 Å². The van der Waals surface area contributed by atoms with E-state index in [-0.39, 0.29) is 5.91 Å². The molecule has 19 heavy (non-hydrogen) atoms. The monoisotopic (exact) mass is 265 g/mol. The molecule has 0 saturated carbocycles. The summed E-state index contributed by atoms with van der Waals surface area (Å²) in [6.45, 7) is 3.87. The van der Waals surface area contributed by atoms with E-state index in [4.69, 9.17) is 9.47 Å². The largest absolute Gasteiger partial charge is 0.497 e. The van der Waals surface area contributed by atoms with Gasteiger partial charge in [0.25, 0.3) is 5.91 Å². The van der Waals surface area contributed by atoms with E-state index in [2.05, 4.69) is 5.32 Å². The summed E-state index contributed by atoms with van der Waals surface area (Å²) in [5.74, 6) is -0.0701. The predicted octanol–water partition coefficient (Wildman–Crippen LogP) is 1.77. The molecular weight excluding hydrogens is 246 g/mol. The molecule has 0 saturated heterocycles. The van der Waals surface area contributed by atoms with Gasteiger partial charge in [-0.05, 0) is 37.6 Å². The van der Waals surface area contributed by atoms with Crippen LogP contribution in [0.2, 0.25) is 0 Å². The van der Waals surface area contributed by atoms with Gasteiger partial charge in [0.2, 0.25) is 0 Å². The van der Waals surface area contributed by atoms with Crippen molar-refractivity contribution < 1.29 is 19.1 Å². The van der Waals surface area contributed by atoms with Gasteiger partial charge in [0.1, 0.15) is 11.8 Å². The summed E-state index contributed by atoms with van der Waals surface area (Å²) >= 11 is 0. The number of benzene rings is 1. The highest BCUT2D eigenvalue weighted by Crippen LogP contribution is 2.11. The maximum atomic E-state index is 11.9. The van der Waals surface area contributed by atoms with Crippen molar-refractivity contribution in [3.63, 3.8) is 0 Å². The number of rotatable bonds is 6. The molecule has 0 bridgehead atoms. The number of esters is 1. The van der Waals surface area contributed by atoms with Crippen molar-refractivity contribution >= 4 is 11.9 Å². The number of hydrogen-bond donors (Lipinski definition) is 1. The summed E-state index contributed by atoms with van der Waals surface area (Å²) in [7, 11) is 1.56. The fourth-order valence-corrected chi connectivity index (χ4v) is 1.41. The number of carbonyl (C=O) groups is 2. The van der Waals surface area contributed by atoms with Crippen molar-refractivity contribution in [2.45, 2.75) is 26.3 Å². The van der Waals surface area contributed by atoms with E-state index in [0.29, 0.717) is 17.9 Å². The van der Waals surface area contributed by atoms with Crippen LogP contribution < -0.4 is 10.1 Å². The second-order valence-electron chi connectivity index (χ2n) is 4.09. The van der Waals surface area contributed by atoms with Crippen molar-refractivity contribution in [1.82, 2.24) is 5.32 Å². The molecule has 1 aromatic rings. The van der Waals surface area contributed by atoms with Crippen LogP contribution in [0.4, 0.5) is 0 Å². The van der Waals surface area contributed by atoms with E-state index in [1.165, 1.54) is 0 Å². The molecule has 0 aliphatic rings. The highest BCUT2D eigenvalue weighted by atomic mass is 16.5. The standard InChI is InChI=1S/C14H19NO4/c1-4-9-19-14(17)10(2)15-13(16)11-5-7-12(18-3)8-6-11/h5-8,10H,4,9H2,1-3H3,(H,15,16). The minimum absolute atomic E-state index is 0.316. The van der Waals surface area contributed by atoms with Crippen LogP contribution in [0.15, 0.2) is 24.3 Å². The summed E-state index contributed by atoms with van der Waals surface area (Å²) in [4.78, 5) is 23.4. The van der Waals surface area contributed by atoms with Gasteiger partial charge in [-0.25, -0.2) is 4.79 Å². The molecule has 1 unspecified atom stereocenters. The zero-order valence-electron chi connectivity index (χ0n) is 11.4. The van der Waals surface area contributed by atoms with Crippen LogP contribution >= 0.6 is 0 Å². The van der Waals surface area contributed by atoms with Crippen LogP contribution in [-0.2, 0) is 9.53 Å². The molecule has 1 amide bonds. The quantitative estimate of drug-likeness (QED) is 0.796. The van der Waals surface area contributed by atoms with Crippen LogP contribution in [0.3, 0.4) is 0 Å². The highest BCUT2D eigenvalue weighted by molar-refractivity contribution is 5.96. The summed E-state index contributed by atoms with van der Waals surface area (Å²) < 4.78 is 9.96. The smallest absolute Gasteiger partial charge is 0.328 e. The van der Waals surface area contributed by atoms with Gasteiger partial charge >= 0.3 is 5.97 Å². The average Bonchev–Trinajstić information content (AvgIpc) is 2.44. The number of hydrogen-bond acceptors (Lipinski definition) is 4. The molecule has 5 nitrogen and oxygen atoms in total. The maximum Gasteiger partial charge on any atom is 0.328 e. The molecule has 0 aliphatic heterocycles. The van der Waals surface area contributed by atoms with E-state index < -0.39 is 12.0 Å². The van der Waals surface area contributed by atoms with Gasteiger partial charge in [-0.1, -0.05) is 6.92 Å². The Morgan fingerprint density at radius 2 is 1.89 bits per heavy atom. The molecule has 1 N–H and O–H groups in total. The minimum Gasteiger partial charge on any atom is -0.497 e. The average molecular weight is 265 g/mol. The first-order valence-corrected chi connectivity index (χ1v) is 6.20. The number of amides is 1. The van der Waals surface area contributed by atoms with Crippen LogP contribution in [0.1, 0.15) is 30.6 Å². The number of carbonyl (C=O) groups excluding carboxylic acids is 2. The first-order chi connectivity index (χ1) is 9.08. The Balaban J connectivity index is 2.55. The maximum absolute atomic E-state index is 11.9. The fraction of sp³-hybridized carbons (Fsp3) is 0.429. The van der Waals surface area contributed by atoms with Crippen molar-refractivity contribution in [3.05, 3.63) is 29.8 Å². The molecule has 0 spiro atoms. The molecule has 104 valence electrons. The summed E-state index contributed by atoms with van der Waals surface area (Å²) in [6, 6.07) is 5.99. The van der Waals surface area contributed by atoms with Crippen molar-refractivity contribution in [2.24, 2.45) is 0 Å². The van der Waals surface area contributed by atoms with E-state index >= 15 is 0 Å². The van der Waals surface area contributed by atoms with Crippen molar-refractivity contribution in [1.29, 1.82) is 0 Å². The minimum atomic E-state index is -0.666. The number of methoxy groups -OCH3 is 1. The second-order valence-corrected chi connectivity index (χ2v) is 4.09. The SMILES string of the molecule is CCCOC(=O)C(C)NC(=O)c1ccc(OC)cc1. The van der Waals surface area contributed by atoms with Crippen molar-refractivity contribution in [2.75, 3.05) is 13.7 Å². The molecule has 1 atom stereocenters. The van der Waals surface area contributed by atoms with Crippen LogP contribution in [0.5, 0.6) is 5.75 Å². The predicted molar refractivity (Wildman–Crippen MR) is 71.2 cm³/mol. The normalized spacial score (nSPS) is 11.5.